The second-order valence-electron chi connectivity index (χ2n) is 5.24. The van der Waals surface area contributed by atoms with Crippen LogP contribution in [-0.4, -0.2) is 35.4 Å². The summed E-state index contributed by atoms with van der Waals surface area (Å²) in [6.07, 6.45) is 4.37. The molecule has 0 radical (unpaired) electrons. The highest BCUT2D eigenvalue weighted by atomic mass is 16.2. The van der Waals surface area contributed by atoms with Gasteiger partial charge in [-0.15, -0.1) is 0 Å². The van der Waals surface area contributed by atoms with Gasteiger partial charge in [-0.05, 0) is 36.9 Å². The number of carbonyl (C=O) groups excluding carboxylic acids is 1. The summed E-state index contributed by atoms with van der Waals surface area (Å²) >= 11 is 0. The van der Waals surface area contributed by atoms with Crippen molar-refractivity contribution in [3.05, 3.63) is 29.6 Å². The molecule has 0 bridgehead atoms. The molecular formula is C13H19N3O. The normalized spacial score (nSPS) is 24.1. The van der Waals surface area contributed by atoms with Crippen LogP contribution in [0, 0.1) is 12.3 Å². The van der Waals surface area contributed by atoms with E-state index in [1.54, 1.807) is 12.4 Å². The van der Waals surface area contributed by atoms with Crippen molar-refractivity contribution in [2.24, 2.45) is 11.1 Å². The number of aryl methyl sites for hydroxylation is 1. The highest BCUT2D eigenvalue weighted by Gasteiger charge is 2.35. The maximum absolute atomic E-state index is 12.2. The summed E-state index contributed by atoms with van der Waals surface area (Å²) in [5, 5.41) is 0. The van der Waals surface area contributed by atoms with Crippen LogP contribution in [0.1, 0.15) is 29.3 Å². The first kappa shape index (κ1) is 12.0. The van der Waals surface area contributed by atoms with Gasteiger partial charge in [-0.1, -0.05) is 6.92 Å². The maximum atomic E-state index is 12.2. The molecule has 0 saturated carbocycles. The first-order chi connectivity index (χ1) is 8.04. The molecule has 2 rings (SSSR count). The van der Waals surface area contributed by atoms with Gasteiger partial charge in [-0.3, -0.25) is 9.78 Å². The van der Waals surface area contributed by atoms with E-state index in [0.29, 0.717) is 12.1 Å². The van der Waals surface area contributed by atoms with Crippen molar-refractivity contribution >= 4 is 5.91 Å². The molecule has 1 aliphatic heterocycles. The molecule has 17 heavy (non-hydrogen) atoms. The van der Waals surface area contributed by atoms with Crippen molar-refractivity contribution < 1.29 is 4.79 Å². The molecule has 0 aliphatic carbocycles. The molecule has 1 aromatic rings. The standard InChI is InChI=1S/C13H19N3O/c1-10-5-11(7-15-6-10)12(17)16-4-3-13(2,8-14)9-16/h5-7H,3-4,8-9,14H2,1-2H3. The Morgan fingerprint density at radius 1 is 1.59 bits per heavy atom. The van der Waals surface area contributed by atoms with Gasteiger partial charge in [-0.25, -0.2) is 0 Å². The summed E-state index contributed by atoms with van der Waals surface area (Å²) in [7, 11) is 0. The Bertz CT molecular complexity index is 432. The van der Waals surface area contributed by atoms with Gasteiger partial charge in [0.05, 0.1) is 5.56 Å². The Labute approximate surface area is 102 Å². The lowest BCUT2D eigenvalue weighted by Gasteiger charge is -2.22. The first-order valence-corrected chi connectivity index (χ1v) is 5.95. The SMILES string of the molecule is Cc1cncc(C(=O)N2CCC(C)(CN)C2)c1. The summed E-state index contributed by atoms with van der Waals surface area (Å²) in [4.78, 5) is 18.2. The van der Waals surface area contributed by atoms with E-state index in [0.717, 1.165) is 25.1 Å². The van der Waals surface area contributed by atoms with Gasteiger partial charge < -0.3 is 10.6 Å². The summed E-state index contributed by atoms with van der Waals surface area (Å²) in [6.45, 7) is 6.24. The van der Waals surface area contributed by atoms with E-state index in [2.05, 4.69) is 11.9 Å². The first-order valence-electron chi connectivity index (χ1n) is 5.95. The lowest BCUT2D eigenvalue weighted by molar-refractivity contribution is 0.0776. The lowest BCUT2D eigenvalue weighted by Crippen LogP contribution is -2.34. The van der Waals surface area contributed by atoms with Crippen LogP contribution >= 0.6 is 0 Å². The Morgan fingerprint density at radius 2 is 2.35 bits per heavy atom. The van der Waals surface area contributed by atoms with E-state index in [9.17, 15) is 4.79 Å². The molecular weight excluding hydrogens is 214 g/mol. The van der Waals surface area contributed by atoms with Crippen LogP contribution in [0.2, 0.25) is 0 Å². The fourth-order valence-electron chi connectivity index (χ4n) is 2.22. The molecule has 2 heterocycles. The van der Waals surface area contributed by atoms with Crippen molar-refractivity contribution in [2.75, 3.05) is 19.6 Å². The number of rotatable bonds is 2. The van der Waals surface area contributed by atoms with Gasteiger partial charge in [0.2, 0.25) is 0 Å². The smallest absolute Gasteiger partial charge is 0.255 e. The molecule has 4 nitrogen and oxygen atoms in total. The summed E-state index contributed by atoms with van der Waals surface area (Å²) in [5.74, 6) is 0.0679. The highest BCUT2D eigenvalue weighted by Crippen LogP contribution is 2.29. The second kappa shape index (κ2) is 4.45. The number of carbonyl (C=O) groups is 1. The van der Waals surface area contributed by atoms with E-state index in [4.69, 9.17) is 5.73 Å². The average molecular weight is 233 g/mol. The lowest BCUT2D eigenvalue weighted by atomic mass is 9.90. The Hall–Kier alpha value is -1.42. The number of pyridine rings is 1. The van der Waals surface area contributed by atoms with Crippen LogP contribution in [-0.2, 0) is 0 Å². The monoisotopic (exact) mass is 233 g/mol. The van der Waals surface area contributed by atoms with E-state index < -0.39 is 0 Å². The van der Waals surface area contributed by atoms with Crippen molar-refractivity contribution in [1.82, 2.24) is 9.88 Å². The maximum Gasteiger partial charge on any atom is 0.255 e. The number of hydrogen-bond acceptors (Lipinski definition) is 3. The van der Waals surface area contributed by atoms with Gasteiger partial charge in [0, 0.05) is 25.5 Å². The molecule has 0 aromatic carbocycles. The summed E-state index contributed by atoms with van der Waals surface area (Å²) in [6, 6.07) is 1.88. The van der Waals surface area contributed by atoms with Gasteiger partial charge in [0.15, 0.2) is 0 Å². The molecule has 1 aliphatic rings. The summed E-state index contributed by atoms with van der Waals surface area (Å²) < 4.78 is 0. The third kappa shape index (κ3) is 2.47. The molecule has 4 heteroatoms. The quantitative estimate of drug-likeness (QED) is 0.835. The van der Waals surface area contributed by atoms with E-state index in [1.165, 1.54) is 0 Å². The Kier molecular flexibility index (Phi) is 3.15. The van der Waals surface area contributed by atoms with E-state index in [-0.39, 0.29) is 11.3 Å². The molecule has 1 amide bonds. The van der Waals surface area contributed by atoms with Crippen LogP contribution in [0.15, 0.2) is 18.5 Å². The second-order valence-corrected chi connectivity index (χ2v) is 5.24. The molecule has 1 aromatic heterocycles. The molecule has 2 N–H and O–H groups in total. The van der Waals surface area contributed by atoms with Gasteiger partial charge in [0.25, 0.3) is 5.91 Å². The highest BCUT2D eigenvalue weighted by molar-refractivity contribution is 5.94. The van der Waals surface area contributed by atoms with Gasteiger partial charge in [0.1, 0.15) is 0 Å². The van der Waals surface area contributed by atoms with Crippen LogP contribution in [0.3, 0.4) is 0 Å². The molecule has 1 atom stereocenters. The third-order valence-electron chi connectivity index (χ3n) is 3.46. The van der Waals surface area contributed by atoms with Crippen molar-refractivity contribution in [1.29, 1.82) is 0 Å². The number of hydrogen-bond donors (Lipinski definition) is 1. The fraction of sp³-hybridized carbons (Fsp3) is 0.538. The minimum absolute atomic E-state index is 0.0679. The summed E-state index contributed by atoms with van der Waals surface area (Å²) in [5.41, 5.74) is 7.50. The number of nitrogens with two attached hydrogens (primary N) is 1. The molecule has 1 unspecified atom stereocenters. The number of nitrogens with zero attached hydrogens (tertiary/aromatic N) is 2. The number of likely N-dealkylation sites (tertiary alicyclic amines) is 1. The Morgan fingerprint density at radius 3 is 2.94 bits per heavy atom. The molecule has 1 saturated heterocycles. The molecule has 92 valence electrons. The molecule has 0 spiro atoms. The predicted octanol–water partition coefficient (Wildman–Crippen LogP) is 1.20. The largest absolute Gasteiger partial charge is 0.338 e. The van der Waals surface area contributed by atoms with E-state index in [1.807, 2.05) is 17.9 Å². The van der Waals surface area contributed by atoms with Gasteiger partial charge in [-0.2, -0.15) is 0 Å². The van der Waals surface area contributed by atoms with E-state index >= 15 is 0 Å². The van der Waals surface area contributed by atoms with Gasteiger partial charge >= 0.3 is 0 Å². The topological polar surface area (TPSA) is 59.2 Å². The average Bonchev–Trinajstić information content (AvgIpc) is 2.72. The van der Waals surface area contributed by atoms with Crippen LogP contribution in [0.25, 0.3) is 0 Å². The van der Waals surface area contributed by atoms with Crippen LogP contribution in [0.4, 0.5) is 0 Å². The number of aromatic nitrogens is 1. The zero-order valence-corrected chi connectivity index (χ0v) is 10.4. The predicted molar refractivity (Wildman–Crippen MR) is 66.7 cm³/mol. The third-order valence-corrected chi connectivity index (χ3v) is 3.46. The van der Waals surface area contributed by atoms with Crippen molar-refractivity contribution in [2.45, 2.75) is 20.3 Å². The van der Waals surface area contributed by atoms with Crippen LogP contribution in [0.5, 0.6) is 0 Å². The van der Waals surface area contributed by atoms with Crippen molar-refractivity contribution in [3.63, 3.8) is 0 Å². The Balaban J connectivity index is 2.12. The zero-order valence-electron chi connectivity index (χ0n) is 10.4. The van der Waals surface area contributed by atoms with Crippen molar-refractivity contribution in [3.8, 4) is 0 Å². The minimum atomic E-state index is 0.0679. The fourth-order valence-corrected chi connectivity index (χ4v) is 2.22. The minimum Gasteiger partial charge on any atom is -0.338 e. The molecule has 1 fully saturated rings. The zero-order chi connectivity index (χ0) is 12.5. The number of amides is 1. The van der Waals surface area contributed by atoms with Crippen LogP contribution < -0.4 is 5.73 Å².